The number of nitrogens with two attached hydrogens (primary N) is 1. The van der Waals surface area contributed by atoms with Gasteiger partial charge in [0.15, 0.2) is 0 Å². The minimum Gasteiger partial charge on any atom is -0.324 e. The normalized spacial score (nSPS) is 13.3. The number of benzene rings is 2. The lowest BCUT2D eigenvalue weighted by atomic mass is 9.92. The van der Waals surface area contributed by atoms with Crippen LogP contribution in [0.1, 0.15) is 43.9 Å². The smallest absolute Gasteiger partial charge is 0.0272 e. The highest BCUT2D eigenvalue weighted by atomic mass is 14.6. The lowest BCUT2D eigenvalue weighted by molar-refractivity contribution is 0.825. The maximum atomic E-state index is 6.01. The summed E-state index contributed by atoms with van der Waals surface area (Å²) < 4.78 is 0. The summed E-state index contributed by atoms with van der Waals surface area (Å²) in [4.78, 5) is 0. The molecule has 2 N–H and O–H groups in total. The highest BCUT2D eigenvalue weighted by Crippen LogP contribution is 2.29. The van der Waals surface area contributed by atoms with Crippen molar-refractivity contribution in [3.63, 3.8) is 0 Å². The number of hydrogen-bond acceptors (Lipinski definition) is 1. The molecule has 16 heavy (non-hydrogen) atoms. The number of fused-ring (bicyclic) bond motifs is 1. The summed E-state index contributed by atoms with van der Waals surface area (Å²) in [5.74, 6) is 0.548. The molecule has 0 spiro atoms. The molecule has 0 saturated heterocycles. The molecular weight excluding hydrogens is 194 g/mol. The molecule has 1 nitrogen and oxygen atoms in total. The highest BCUT2D eigenvalue weighted by molar-refractivity contribution is 5.89. The van der Waals surface area contributed by atoms with Crippen molar-refractivity contribution in [3.8, 4) is 0 Å². The van der Waals surface area contributed by atoms with E-state index in [-0.39, 0.29) is 6.04 Å². The highest BCUT2D eigenvalue weighted by Gasteiger charge is 2.09. The van der Waals surface area contributed by atoms with E-state index < -0.39 is 0 Å². The summed E-state index contributed by atoms with van der Waals surface area (Å²) >= 11 is 0. The van der Waals surface area contributed by atoms with Gasteiger partial charge in [0, 0.05) is 6.04 Å². The third-order valence-electron chi connectivity index (χ3n) is 3.10. The zero-order valence-electron chi connectivity index (χ0n) is 10.2. The molecule has 1 unspecified atom stereocenters. The molecule has 0 bridgehead atoms. The van der Waals surface area contributed by atoms with E-state index >= 15 is 0 Å². The summed E-state index contributed by atoms with van der Waals surface area (Å²) in [5.41, 5.74) is 8.64. The molecule has 1 heteroatoms. The zero-order valence-corrected chi connectivity index (χ0v) is 10.2. The van der Waals surface area contributed by atoms with Crippen molar-refractivity contribution in [2.45, 2.75) is 32.7 Å². The van der Waals surface area contributed by atoms with Gasteiger partial charge in [0.25, 0.3) is 0 Å². The van der Waals surface area contributed by atoms with Crippen molar-refractivity contribution < 1.29 is 0 Å². The fourth-order valence-electron chi connectivity index (χ4n) is 2.26. The molecule has 0 aliphatic heterocycles. The lowest BCUT2D eigenvalue weighted by Crippen LogP contribution is -2.05. The van der Waals surface area contributed by atoms with Gasteiger partial charge in [-0.3, -0.25) is 0 Å². The third-order valence-corrected chi connectivity index (χ3v) is 3.10. The molecule has 0 aliphatic rings. The van der Waals surface area contributed by atoms with Gasteiger partial charge in [0.1, 0.15) is 0 Å². The van der Waals surface area contributed by atoms with E-state index in [4.69, 9.17) is 5.73 Å². The summed E-state index contributed by atoms with van der Waals surface area (Å²) in [5, 5.41) is 2.64. The average Bonchev–Trinajstić information content (AvgIpc) is 2.27. The Balaban J connectivity index is 2.76. The van der Waals surface area contributed by atoms with Gasteiger partial charge < -0.3 is 5.73 Å². The van der Waals surface area contributed by atoms with Crippen molar-refractivity contribution in [2.75, 3.05) is 0 Å². The second-order valence-corrected chi connectivity index (χ2v) is 4.73. The largest absolute Gasteiger partial charge is 0.324 e. The standard InChI is InChI=1S/C15H19N/c1-10(2)12-6-4-9-15-13(11(3)16)7-5-8-14(12)15/h4-11H,16H2,1-3H3. The van der Waals surface area contributed by atoms with Gasteiger partial charge in [-0.1, -0.05) is 50.2 Å². The fraction of sp³-hybridized carbons (Fsp3) is 0.333. The molecule has 0 heterocycles. The van der Waals surface area contributed by atoms with Crippen LogP contribution in [0.4, 0.5) is 0 Å². The van der Waals surface area contributed by atoms with Crippen molar-refractivity contribution >= 4 is 10.8 Å². The van der Waals surface area contributed by atoms with Crippen LogP contribution >= 0.6 is 0 Å². The molecule has 0 amide bonds. The molecule has 0 aliphatic carbocycles. The minimum atomic E-state index is 0.0890. The Morgan fingerprint density at radius 3 is 1.81 bits per heavy atom. The maximum absolute atomic E-state index is 6.01. The monoisotopic (exact) mass is 213 g/mol. The topological polar surface area (TPSA) is 26.0 Å². The van der Waals surface area contributed by atoms with Crippen molar-refractivity contribution in [1.29, 1.82) is 0 Å². The Labute approximate surface area is 97.3 Å². The lowest BCUT2D eigenvalue weighted by Gasteiger charge is -2.14. The first kappa shape index (κ1) is 11.2. The minimum absolute atomic E-state index is 0.0890. The summed E-state index contributed by atoms with van der Waals surface area (Å²) in [7, 11) is 0. The van der Waals surface area contributed by atoms with Gasteiger partial charge >= 0.3 is 0 Å². The van der Waals surface area contributed by atoms with E-state index in [1.165, 1.54) is 21.9 Å². The predicted octanol–water partition coefficient (Wildman–Crippen LogP) is 3.98. The Bertz CT molecular complexity index is 451. The average molecular weight is 213 g/mol. The van der Waals surface area contributed by atoms with E-state index in [9.17, 15) is 0 Å². The Hall–Kier alpha value is -1.34. The molecular formula is C15H19N. The predicted molar refractivity (Wildman–Crippen MR) is 70.6 cm³/mol. The van der Waals surface area contributed by atoms with Gasteiger partial charge in [-0.2, -0.15) is 0 Å². The molecule has 84 valence electrons. The molecule has 0 aromatic heterocycles. The first-order valence-corrected chi connectivity index (χ1v) is 5.88. The first-order valence-electron chi connectivity index (χ1n) is 5.88. The van der Waals surface area contributed by atoms with Crippen molar-refractivity contribution in [3.05, 3.63) is 47.5 Å². The summed E-state index contributed by atoms with van der Waals surface area (Å²) in [6.07, 6.45) is 0. The van der Waals surface area contributed by atoms with Crippen LogP contribution in [-0.2, 0) is 0 Å². The van der Waals surface area contributed by atoms with Crippen LogP contribution in [0.3, 0.4) is 0 Å². The van der Waals surface area contributed by atoms with Crippen molar-refractivity contribution in [2.24, 2.45) is 5.73 Å². The first-order chi connectivity index (χ1) is 7.61. The van der Waals surface area contributed by atoms with E-state index in [0.29, 0.717) is 5.92 Å². The van der Waals surface area contributed by atoms with Crippen LogP contribution in [0.2, 0.25) is 0 Å². The van der Waals surface area contributed by atoms with E-state index in [2.05, 4.69) is 50.2 Å². The fourth-order valence-corrected chi connectivity index (χ4v) is 2.26. The maximum Gasteiger partial charge on any atom is 0.0272 e. The molecule has 2 rings (SSSR count). The van der Waals surface area contributed by atoms with Crippen molar-refractivity contribution in [1.82, 2.24) is 0 Å². The molecule has 0 saturated carbocycles. The SMILES string of the molecule is CC(C)c1cccc2c(C(C)N)cccc12. The molecule has 2 aromatic rings. The quantitative estimate of drug-likeness (QED) is 0.802. The van der Waals surface area contributed by atoms with E-state index in [1.807, 2.05) is 6.92 Å². The van der Waals surface area contributed by atoms with Crippen LogP contribution < -0.4 is 5.73 Å². The molecule has 2 aromatic carbocycles. The van der Waals surface area contributed by atoms with Gasteiger partial charge in [-0.15, -0.1) is 0 Å². The van der Waals surface area contributed by atoms with Gasteiger partial charge in [0.2, 0.25) is 0 Å². The second kappa shape index (κ2) is 4.26. The van der Waals surface area contributed by atoms with Crippen LogP contribution in [-0.4, -0.2) is 0 Å². The molecule has 0 radical (unpaired) electrons. The zero-order chi connectivity index (χ0) is 11.7. The summed E-state index contributed by atoms with van der Waals surface area (Å²) in [6.45, 7) is 6.50. The van der Waals surface area contributed by atoms with Gasteiger partial charge in [-0.05, 0) is 34.7 Å². The number of rotatable bonds is 2. The van der Waals surface area contributed by atoms with E-state index in [0.717, 1.165) is 0 Å². The Morgan fingerprint density at radius 1 is 0.812 bits per heavy atom. The van der Waals surface area contributed by atoms with Crippen LogP contribution in [0.25, 0.3) is 10.8 Å². The van der Waals surface area contributed by atoms with Gasteiger partial charge in [0.05, 0.1) is 0 Å². The second-order valence-electron chi connectivity index (χ2n) is 4.73. The molecule has 0 fully saturated rings. The van der Waals surface area contributed by atoms with Gasteiger partial charge in [-0.25, -0.2) is 0 Å². The Kier molecular flexibility index (Phi) is 2.97. The molecule has 1 atom stereocenters. The van der Waals surface area contributed by atoms with Crippen LogP contribution in [0.15, 0.2) is 36.4 Å². The Morgan fingerprint density at radius 2 is 1.31 bits per heavy atom. The van der Waals surface area contributed by atoms with E-state index in [1.54, 1.807) is 0 Å². The summed E-state index contributed by atoms with van der Waals surface area (Å²) in [6, 6.07) is 13.0. The third kappa shape index (κ3) is 1.83. The van der Waals surface area contributed by atoms with Crippen LogP contribution in [0.5, 0.6) is 0 Å². The van der Waals surface area contributed by atoms with Crippen LogP contribution in [0, 0.1) is 0 Å². The number of hydrogen-bond donors (Lipinski definition) is 1.